The van der Waals surface area contributed by atoms with E-state index in [4.69, 9.17) is 9.26 Å². The summed E-state index contributed by atoms with van der Waals surface area (Å²) in [5, 5.41) is 1.94. The molecule has 0 saturated carbocycles. The third-order valence-corrected chi connectivity index (χ3v) is 6.28. The highest BCUT2D eigenvalue weighted by Crippen LogP contribution is 2.51. The van der Waals surface area contributed by atoms with Crippen molar-refractivity contribution in [2.75, 3.05) is 6.61 Å². The first-order chi connectivity index (χ1) is 17.4. The number of nitrogens with zero attached hydrogens (tertiary/aromatic N) is 1. The van der Waals surface area contributed by atoms with Crippen LogP contribution in [-0.2, 0) is 25.2 Å². The molecule has 0 aliphatic carbocycles. The smallest absolute Gasteiger partial charge is 0.459 e. The Bertz CT molecular complexity index is 1240. The van der Waals surface area contributed by atoms with E-state index >= 15 is 0 Å². The number of esters is 1. The fourth-order valence-corrected chi connectivity index (χ4v) is 4.25. The Morgan fingerprint density at radius 1 is 1.03 bits per heavy atom. The lowest BCUT2D eigenvalue weighted by Gasteiger charge is -2.33. The molecule has 0 spiro atoms. The molecule has 0 bridgehead atoms. The third kappa shape index (κ3) is 7.48. The highest BCUT2D eigenvalue weighted by atomic mass is 31.2. The van der Waals surface area contributed by atoms with Crippen LogP contribution in [0.5, 0.6) is 5.75 Å². The number of carbonyl (C=O) groups is 1. The number of alkyl halides is 6. The van der Waals surface area contributed by atoms with Crippen LogP contribution in [0.25, 0.3) is 0 Å². The topological polar surface area (TPSA) is 129 Å². The highest BCUT2D eigenvalue weighted by Gasteiger charge is 2.72. The Morgan fingerprint density at radius 3 is 2.18 bits per heavy atom. The number of hydrogen-bond donors (Lipinski definition) is 2. The van der Waals surface area contributed by atoms with Crippen molar-refractivity contribution in [2.24, 2.45) is 0 Å². The van der Waals surface area contributed by atoms with Crippen LogP contribution < -0.4 is 20.9 Å². The SMILES string of the molecule is CC(C)OC(=O)[C@H](C)NP(=O)(OCC(F)(F)C(F)(F)C(F)(F)Cn1c(=O)cc[nH]c1=O)Oc1ccccc1. The Hall–Kier alpha value is -3.10. The maximum Gasteiger partial charge on any atom is 0.459 e. The molecule has 0 aliphatic heterocycles. The van der Waals surface area contributed by atoms with Crippen LogP contribution in [0.1, 0.15) is 20.8 Å². The van der Waals surface area contributed by atoms with E-state index in [0.29, 0.717) is 6.07 Å². The average Bonchev–Trinajstić information content (AvgIpc) is 2.80. The van der Waals surface area contributed by atoms with Crippen molar-refractivity contribution in [3.8, 4) is 5.75 Å². The second-order valence-corrected chi connectivity index (χ2v) is 9.90. The molecule has 1 aromatic heterocycles. The van der Waals surface area contributed by atoms with Gasteiger partial charge in [-0.15, -0.1) is 0 Å². The molecule has 0 fully saturated rings. The van der Waals surface area contributed by atoms with Crippen molar-refractivity contribution in [3.05, 3.63) is 63.4 Å². The van der Waals surface area contributed by atoms with Gasteiger partial charge in [0.1, 0.15) is 24.9 Å². The van der Waals surface area contributed by atoms with Crippen molar-refractivity contribution in [1.29, 1.82) is 0 Å². The van der Waals surface area contributed by atoms with Gasteiger partial charge < -0.3 is 14.2 Å². The molecule has 2 N–H and O–H groups in total. The first-order valence-corrected chi connectivity index (χ1v) is 12.3. The lowest BCUT2D eigenvalue weighted by Crippen LogP contribution is -2.59. The van der Waals surface area contributed by atoms with Gasteiger partial charge in [-0.05, 0) is 32.9 Å². The van der Waals surface area contributed by atoms with Crippen LogP contribution >= 0.6 is 7.75 Å². The first-order valence-electron chi connectivity index (χ1n) is 10.8. The largest absolute Gasteiger partial charge is 0.462 e. The Kier molecular flexibility index (Phi) is 9.62. The molecule has 10 nitrogen and oxygen atoms in total. The summed E-state index contributed by atoms with van der Waals surface area (Å²) < 4.78 is 114. The molecule has 0 saturated heterocycles. The quantitative estimate of drug-likeness (QED) is 0.211. The molecule has 2 aromatic rings. The fraction of sp³-hybridized carbons (Fsp3) is 0.476. The molecule has 1 heterocycles. The minimum absolute atomic E-state index is 0.268. The molecule has 17 heteroatoms. The van der Waals surface area contributed by atoms with E-state index in [1.165, 1.54) is 44.2 Å². The summed E-state index contributed by atoms with van der Waals surface area (Å²) in [5.41, 5.74) is -2.99. The zero-order valence-electron chi connectivity index (χ0n) is 20.1. The number of benzene rings is 1. The lowest BCUT2D eigenvalue weighted by molar-refractivity contribution is -0.318. The summed E-state index contributed by atoms with van der Waals surface area (Å²) in [6, 6.07) is 5.61. The van der Waals surface area contributed by atoms with E-state index in [1.54, 1.807) is 4.98 Å². The summed E-state index contributed by atoms with van der Waals surface area (Å²) in [5.74, 6) is -18.9. The van der Waals surface area contributed by atoms with Gasteiger partial charge in [0.05, 0.1) is 6.10 Å². The number of halogens is 6. The summed E-state index contributed by atoms with van der Waals surface area (Å²) in [4.78, 5) is 37.0. The zero-order valence-corrected chi connectivity index (χ0v) is 21.0. The number of aromatic amines is 1. The third-order valence-electron chi connectivity index (χ3n) is 4.66. The molecule has 0 radical (unpaired) electrons. The van der Waals surface area contributed by atoms with Crippen molar-refractivity contribution < 1.29 is 49.5 Å². The number of ether oxygens (including phenoxy) is 1. The number of carbonyl (C=O) groups excluding carboxylic acids is 1. The fourth-order valence-electron chi connectivity index (χ4n) is 2.76. The summed E-state index contributed by atoms with van der Waals surface area (Å²) in [6.07, 6.45) is 0.103. The second-order valence-electron chi connectivity index (χ2n) is 8.20. The van der Waals surface area contributed by atoms with E-state index in [-0.39, 0.29) is 5.75 Å². The van der Waals surface area contributed by atoms with Gasteiger partial charge in [-0.1, -0.05) is 18.2 Å². The predicted octanol–water partition coefficient (Wildman–Crippen LogP) is 3.58. The molecule has 2 rings (SSSR count). The van der Waals surface area contributed by atoms with Crippen molar-refractivity contribution in [1.82, 2.24) is 14.6 Å². The number of aromatic nitrogens is 2. The molecule has 2 atom stereocenters. The number of para-hydroxylation sites is 1. The molecule has 1 aromatic carbocycles. The van der Waals surface area contributed by atoms with E-state index in [9.17, 15) is 45.3 Å². The molecule has 0 aliphatic rings. The van der Waals surface area contributed by atoms with Crippen molar-refractivity contribution in [3.63, 3.8) is 0 Å². The van der Waals surface area contributed by atoms with Crippen LogP contribution in [-0.4, -0.2) is 52.0 Å². The van der Waals surface area contributed by atoms with E-state index in [2.05, 4.69) is 4.52 Å². The van der Waals surface area contributed by atoms with Crippen LogP contribution in [0.3, 0.4) is 0 Å². The average molecular weight is 575 g/mol. The number of rotatable bonds is 13. The molecule has 1 unspecified atom stereocenters. The molecule has 38 heavy (non-hydrogen) atoms. The number of hydrogen-bond acceptors (Lipinski definition) is 7. The zero-order chi connectivity index (χ0) is 28.9. The Balaban J connectivity index is 2.31. The van der Waals surface area contributed by atoms with Crippen molar-refractivity contribution in [2.45, 2.75) is 57.2 Å². The minimum atomic E-state index is -6.22. The van der Waals surface area contributed by atoms with Gasteiger partial charge in [0.2, 0.25) is 0 Å². The monoisotopic (exact) mass is 575 g/mol. The van der Waals surface area contributed by atoms with Crippen LogP contribution in [0.15, 0.2) is 52.2 Å². The lowest BCUT2D eigenvalue weighted by atomic mass is 10.1. The predicted molar refractivity (Wildman–Crippen MR) is 121 cm³/mol. The molecule has 0 amide bonds. The van der Waals surface area contributed by atoms with Gasteiger partial charge in [-0.3, -0.25) is 18.7 Å². The van der Waals surface area contributed by atoms with Crippen LogP contribution in [0.2, 0.25) is 0 Å². The Labute approximate surface area is 211 Å². The van der Waals surface area contributed by atoms with E-state index in [1.807, 2.05) is 5.09 Å². The van der Waals surface area contributed by atoms with E-state index in [0.717, 1.165) is 13.1 Å². The molecular weight excluding hydrogens is 551 g/mol. The summed E-state index contributed by atoms with van der Waals surface area (Å²) >= 11 is 0. The van der Waals surface area contributed by atoms with Crippen molar-refractivity contribution >= 4 is 13.7 Å². The van der Waals surface area contributed by atoms with Gasteiger partial charge in [-0.25, -0.2) is 9.36 Å². The van der Waals surface area contributed by atoms with Gasteiger partial charge >= 0.3 is 37.2 Å². The molecular formula is C21H24F6N3O7P. The van der Waals surface area contributed by atoms with Crippen LogP contribution in [0, 0.1) is 0 Å². The van der Waals surface area contributed by atoms with Gasteiger partial charge in [0.15, 0.2) is 0 Å². The molecule has 212 valence electrons. The van der Waals surface area contributed by atoms with Gasteiger partial charge in [0, 0.05) is 12.3 Å². The summed E-state index contributed by atoms with van der Waals surface area (Å²) in [7, 11) is -5.11. The second kappa shape index (κ2) is 11.7. The minimum Gasteiger partial charge on any atom is -0.462 e. The normalized spacial score (nSPS) is 15.1. The van der Waals surface area contributed by atoms with Gasteiger partial charge in [0.25, 0.3) is 5.56 Å². The van der Waals surface area contributed by atoms with Gasteiger partial charge in [-0.2, -0.15) is 31.4 Å². The van der Waals surface area contributed by atoms with E-state index < -0.39 is 72.6 Å². The number of H-pyrrole nitrogens is 1. The first kappa shape index (κ1) is 31.1. The maximum absolute atomic E-state index is 14.5. The standard InChI is InChI=1S/C21H24F6N3O7P/c1-13(2)36-17(32)14(3)29-38(34,37-15-7-5-4-6-8-15)35-12-20(24,25)21(26,27)19(22,23)11-30-16(31)9-10-28-18(30)33/h4-10,13-14H,11-12H2,1-3H3,(H,28,33)(H,29,34)/t14-,38?/m0/s1. The highest BCUT2D eigenvalue weighted by molar-refractivity contribution is 7.52. The Morgan fingerprint density at radius 2 is 1.63 bits per heavy atom. The van der Waals surface area contributed by atoms with Crippen LogP contribution in [0.4, 0.5) is 26.3 Å². The maximum atomic E-state index is 14.5. The number of nitrogens with one attached hydrogen (secondary N) is 2. The summed E-state index contributed by atoms with van der Waals surface area (Å²) in [6.45, 7) is -0.967.